The molecule has 0 rings (SSSR count). The van der Waals surface area contributed by atoms with Crippen LogP contribution in [0, 0.1) is 0 Å². The van der Waals surface area contributed by atoms with Crippen LogP contribution in [0.1, 0.15) is 142 Å². The van der Waals surface area contributed by atoms with Crippen molar-refractivity contribution in [2.75, 3.05) is 32.0 Å². The van der Waals surface area contributed by atoms with Crippen LogP contribution in [0.25, 0.3) is 0 Å². The van der Waals surface area contributed by atoms with Gasteiger partial charge in [0.25, 0.3) is 0 Å². The molecule has 0 radical (unpaired) electrons. The van der Waals surface area contributed by atoms with Gasteiger partial charge in [-0.3, -0.25) is 0 Å². The zero-order valence-electron chi connectivity index (χ0n) is 20.8. The van der Waals surface area contributed by atoms with Crippen molar-refractivity contribution in [3.05, 3.63) is 0 Å². The van der Waals surface area contributed by atoms with Gasteiger partial charge in [-0.2, -0.15) is 0 Å². The molecule has 0 unspecified atom stereocenters. The predicted octanol–water partition coefficient (Wildman–Crippen LogP) is 9.67. The maximum absolute atomic E-state index is 3.62. The van der Waals surface area contributed by atoms with Crippen LogP contribution in [0.3, 0.4) is 0 Å². The molecule has 0 aromatic heterocycles. The van der Waals surface area contributed by atoms with E-state index in [-0.39, 0.29) is 0 Å². The first-order valence-corrected chi connectivity index (χ1v) is 14.7. The summed E-state index contributed by atoms with van der Waals surface area (Å²) in [5, 5.41) is 1.17. The lowest BCUT2D eigenvalue weighted by atomic mass is 10.1. The molecule has 176 valence electrons. The van der Waals surface area contributed by atoms with Crippen molar-refractivity contribution in [3.8, 4) is 0 Å². The fraction of sp³-hybridized carbons (Fsp3) is 1.00. The maximum atomic E-state index is 3.62. The fourth-order valence-corrected chi connectivity index (χ4v) is 4.93. The van der Waals surface area contributed by atoms with Gasteiger partial charge in [0, 0.05) is 5.33 Å². The zero-order chi connectivity index (χ0) is 21.5. The van der Waals surface area contributed by atoms with E-state index in [4.69, 9.17) is 0 Å². The SMILES string of the molecule is CCCCCCCCCCC[N+](C)(CCCCBr)CCCCCCCCCCC. The number of rotatable bonds is 24. The van der Waals surface area contributed by atoms with E-state index >= 15 is 0 Å². The molecule has 0 spiro atoms. The average molecular weight is 476 g/mol. The van der Waals surface area contributed by atoms with E-state index in [2.05, 4.69) is 36.8 Å². The van der Waals surface area contributed by atoms with Crippen LogP contribution in [0.2, 0.25) is 0 Å². The summed E-state index contributed by atoms with van der Waals surface area (Å²) < 4.78 is 1.33. The van der Waals surface area contributed by atoms with Crippen molar-refractivity contribution in [3.63, 3.8) is 0 Å². The second-order valence-corrected chi connectivity index (χ2v) is 10.6. The Hall–Kier alpha value is 0.440. The summed E-state index contributed by atoms with van der Waals surface area (Å²) in [5.74, 6) is 0. The quantitative estimate of drug-likeness (QED) is 0.0740. The first kappa shape index (κ1) is 29.4. The van der Waals surface area contributed by atoms with E-state index in [1.165, 1.54) is 158 Å². The number of unbranched alkanes of at least 4 members (excludes halogenated alkanes) is 17. The summed E-state index contributed by atoms with van der Waals surface area (Å²) in [7, 11) is 2.55. The highest BCUT2D eigenvalue weighted by Gasteiger charge is 2.20. The predicted molar refractivity (Wildman–Crippen MR) is 138 cm³/mol. The molecule has 0 aromatic carbocycles. The fourth-order valence-electron chi connectivity index (χ4n) is 4.53. The highest BCUT2D eigenvalue weighted by atomic mass is 79.9. The molecule has 0 atom stereocenters. The summed E-state index contributed by atoms with van der Waals surface area (Å²) >= 11 is 3.62. The molecule has 0 aliphatic heterocycles. The minimum Gasteiger partial charge on any atom is -0.326 e. The van der Waals surface area contributed by atoms with Crippen molar-refractivity contribution in [1.29, 1.82) is 0 Å². The minimum atomic E-state index is 1.17. The highest BCUT2D eigenvalue weighted by Crippen LogP contribution is 2.16. The summed E-state index contributed by atoms with van der Waals surface area (Å²) in [4.78, 5) is 0. The summed E-state index contributed by atoms with van der Waals surface area (Å²) in [6, 6.07) is 0. The third kappa shape index (κ3) is 21.5. The van der Waals surface area contributed by atoms with E-state index < -0.39 is 0 Å². The molecule has 0 aromatic rings. The normalized spacial score (nSPS) is 12.0. The second kappa shape index (κ2) is 23.1. The molecule has 0 amide bonds. The van der Waals surface area contributed by atoms with Crippen LogP contribution in [-0.4, -0.2) is 36.5 Å². The van der Waals surface area contributed by atoms with Gasteiger partial charge < -0.3 is 4.48 Å². The van der Waals surface area contributed by atoms with Crippen molar-refractivity contribution < 1.29 is 4.48 Å². The lowest BCUT2D eigenvalue weighted by molar-refractivity contribution is -0.910. The summed E-state index contributed by atoms with van der Waals surface area (Å²) in [5.41, 5.74) is 0. The molecule has 0 aliphatic carbocycles. The third-order valence-electron chi connectivity index (χ3n) is 6.68. The van der Waals surface area contributed by atoms with E-state index in [0.717, 1.165) is 0 Å². The molecule has 0 bridgehead atoms. The standard InChI is InChI=1S/C27H57BrN/c1-4-6-8-10-12-14-16-18-21-25-29(3,27-23-20-24-28)26-22-19-17-15-13-11-9-7-5-2/h4-27H2,1-3H3/q+1. The van der Waals surface area contributed by atoms with Gasteiger partial charge in [0.05, 0.1) is 26.7 Å². The Morgan fingerprint density at radius 3 is 1.00 bits per heavy atom. The van der Waals surface area contributed by atoms with Crippen LogP contribution in [0.15, 0.2) is 0 Å². The van der Waals surface area contributed by atoms with E-state index in [1.54, 1.807) is 0 Å². The molecule has 0 fully saturated rings. The van der Waals surface area contributed by atoms with Gasteiger partial charge in [0.1, 0.15) is 0 Å². The topological polar surface area (TPSA) is 0 Å². The lowest BCUT2D eigenvalue weighted by Gasteiger charge is -2.35. The lowest BCUT2D eigenvalue weighted by Crippen LogP contribution is -2.46. The molecule has 0 heterocycles. The Balaban J connectivity index is 3.84. The maximum Gasteiger partial charge on any atom is 0.0784 e. The molecule has 2 heteroatoms. The number of hydrogen-bond acceptors (Lipinski definition) is 0. The Bertz CT molecular complexity index is 283. The van der Waals surface area contributed by atoms with Crippen LogP contribution >= 0.6 is 15.9 Å². The van der Waals surface area contributed by atoms with Crippen molar-refractivity contribution >= 4 is 15.9 Å². The van der Waals surface area contributed by atoms with Gasteiger partial charge >= 0.3 is 0 Å². The molecule has 0 aliphatic rings. The smallest absolute Gasteiger partial charge is 0.0784 e. The summed E-state index contributed by atoms with van der Waals surface area (Å²) in [6.07, 6.45) is 28.8. The Labute approximate surface area is 194 Å². The molecule has 0 saturated carbocycles. The van der Waals surface area contributed by atoms with E-state index in [0.29, 0.717) is 0 Å². The van der Waals surface area contributed by atoms with Gasteiger partial charge in [-0.25, -0.2) is 0 Å². The Kier molecular flexibility index (Phi) is 23.5. The average Bonchev–Trinajstić information content (AvgIpc) is 2.72. The number of nitrogens with zero attached hydrogens (tertiary/aromatic N) is 1. The van der Waals surface area contributed by atoms with Crippen LogP contribution in [0.5, 0.6) is 0 Å². The highest BCUT2D eigenvalue weighted by molar-refractivity contribution is 9.09. The first-order chi connectivity index (χ1) is 14.2. The molecule has 0 N–H and O–H groups in total. The molecule has 0 saturated heterocycles. The number of halogens is 1. The van der Waals surface area contributed by atoms with E-state index in [9.17, 15) is 0 Å². The Morgan fingerprint density at radius 1 is 0.414 bits per heavy atom. The number of quaternary nitrogens is 1. The molecular weight excluding hydrogens is 418 g/mol. The second-order valence-electron chi connectivity index (χ2n) is 9.84. The van der Waals surface area contributed by atoms with Gasteiger partial charge in [-0.1, -0.05) is 120 Å². The molecule has 1 nitrogen and oxygen atoms in total. The van der Waals surface area contributed by atoms with Crippen LogP contribution in [0.4, 0.5) is 0 Å². The van der Waals surface area contributed by atoms with Crippen molar-refractivity contribution in [1.82, 2.24) is 0 Å². The number of hydrogen-bond donors (Lipinski definition) is 0. The van der Waals surface area contributed by atoms with Gasteiger partial charge in [-0.05, 0) is 38.5 Å². The molecular formula is C27H57BrN+. The van der Waals surface area contributed by atoms with Gasteiger partial charge in [-0.15, -0.1) is 0 Å². The van der Waals surface area contributed by atoms with Crippen molar-refractivity contribution in [2.24, 2.45) is 0 Å². The first-order valence-electron chi connectivity index (χ1n) is 13.6. The largest absolute Gasteiger partial charge is 0.326 e. The zero-order valence-corrected chi connectivity index (χ0v) is 22.4. The summed E-state index contributed by atoms with van der Waals surface area (Å²) in [6.45, 7) is 8.83. The minimum absolute atomic E-state index is 1.17. The van der Waals surface area contributed by atoms with Crippen LogP contribution in [-0.2, 0) is 0 Å². The monoisotopic (exact) mass is 474 g/mol. The van der Waals surface area contributed by atoms with Crippen molar-refractivity contribution in [2.45, 2.75) is 142 Å². The molecule has 29 heavy (non-hydrogen) atoms. The van der Waals surface area contributed by atoms with Gasteiger partial charge in [0.15, 0.2) is 0 Å². The third-order valence-corrected chi connectivity index (χ3v) is 7.25. The number of alkyl halides is 1. The van der Waals surface area contributed by atoms with E-state index in [1.807, 2.05) is 0 Å². The Morgan fingerprint density at radius 2 is 0.690 bits per heavy atom. The van der Waals surface area contributed by atoms with Gasteiger partial charge in [0.2, 0.25) is 0 Å². The van der Waals surface area contributed by atoms with Crippen LogP contribution < -0.4 is 0 Å².